The van der Waals surface area contributed by atoms with Crippen molar-refractivity contribution >= 4 is 30.3 Å². The summed E-state index contributed by atoms with van der Waals surface area (Å²) in [5.41, 5.74) is 4.35. The van der Waals surface area contributed by atoms with Gasteiger partial charge in [-0.3, -0.25) is 13.9 Å². The summed E-state index contributed by atoms with van der Waals surface area (Å²) in [5, 5.41) is 12.4. The number of aliphatic hydroxyl groups is 1. The number of carbonyl (C=O) groups excluding carboxylic acids is 1. The molecule has 3 heterocycles. The lowest BCUT2D eigenvalue weighted by molar-refractivity contribution is -0.152. The average molecular weight is 505 g/mol. The van der Waals surface area contributed by atoms with Gasteiger partial charge in [0.15, 0.2) is 5.65 Å². The van der Waals surface area contributed by atoms with Crippen molar-refractivity contribution in [2.24, 2.45) is 5.41 Å². The highest BCUT2D eigenvalue weighted by molar-refractivity contribution is 7.56. The average Bonchev–Trinajstić information content (AvgIpc) is 3.24. The van der Waals surface area contributed by atoms with Gasteiger partial charge in [0.25, 0.3) is 7.52 Å². The third-order valence-electron chi connectivity index (χ3n) is 5.75. The molecule has 1 aliphatic heterocycles. The first-order valence-corrected chi connectivity index (χ1v) is 12.7. The van der Waals surface area contributed by atoms with Crippen LogP contribution in [0.3, 0.4) is 0 Å². The van der Waals surface area contributed by atoms with Gasteiger partial charge in [-0.25, -0.2) is 23.8 Å². The minimum atomic E-state index is -3.64. The van der Waals surface area contributed by atoms with Gasteiger partial charge in [-0.15, -0.1) is 0 Å². The van der Waals surface area contributed by atoms with E-state index >= 15 is 8.78 Å². The Hall–Kier alpha value is -2.18. The molecule has 2 aromatic heterocycles. The van der Waals surface area contributed by atoms with E-state index in [1.165, 1.54) is 25.9 Å². The highest BCUT2D eigenvalue weighted by Crippen LogP contribution is 2.56. The van der Waals surface area contributed by atoms with Crippen molar-refractivity contribution in [1.29, 1.82) is 0 Å². The molecule has 0 spiro atoms. The van der Waals surface area contributed by atoms with E-state index in [0.29, 0.717) is 0 Å². The second kappa shape index (κ2) is 9.46. The smallest absolute Gasteiger partial charge is 0.323 e. The van der Waals surface area contributed by atoms with Crippen molar-refractivity contribution in [2.75, 3.05) is 25.6 Å². The molecular weight excluding hydrogens is 475 g/mol. The zero-order valence-corrected chi connectivity index (χ0v) is 20.5. The zero-order chi connectivity index (χ0) is 25.5. The lowest BCUT2D eigenvalue weighted by Gasteiger charge is -2.33. The van der Waals surface area contributed by atoms with Crippen molar-refractivity contribution in [3.8, 4) is 0 Å². The molecule has 3 rings (SSSR count). The number of anilines is 1. The van der Waals surface area contributed by atoms with Crippen LogP contribution in [0.4, 0.5) is 14.5 Å². The molecule has 2 aromatic rings. The topological polar surface area (TPSA) is 151 Å². The number of nitrogens with zero attached hydrogens (tertiary/aromatic N) is 3. The number of imidazole rings is 1. The zero-order valence-electron chi connectivity index (χ0n) is 19.6. The van der Waals surface area contributed by atoms with E-state index in [0.717, 1.165) is 17.8 Å². The van der Waals surface area contributed by atoms with E-state index in [9.17, 15) is 14.5 Å². The first-order chi connectivity index (χ1) is 15.7. The third kappa shape index (κ3) is 4.80. The quantitative estimate of drug-likeness (QED) is 0.342. The fraction of sp³-hybridized carbons (Fsp3) is 0.650. The highest BCUT2D eigenvalue weighted by Gasteiger charge is 2.67. The molecule has 0 aromatic carbocycles. The molecule has 34 heavy (non-hydrogen) atoms. The van der Waals surface area contributed by atoms with Gasteiger partial charge in [0.2, 0.25) is 6.23 Å². The summed E-state index contributed by atoms with van der Waals surface area (Å²) < 4.78 is 61.1. The standard InChI is InChI=1S/C20H30F2N5O6P/c1-11(2)32-17(29)12(3)26-34(5,30)31-8-14-19(4,9-28)20(21,22)18(33-14)27-10-25-15-13(23)6-7-24-16(15)27/h6-7,10-12,14,18,28H,8-9H2,1-5H3,(H2,23,24)(H,26,30)/t12-,14+,18+,19?,34?/m0/s1. The number of nitrogen functional groups attached to an aromatic ring is 1. The first-order valence-electron chi connectivity index (χ1n) is 10.6. The summed E-state index contributed by atoms with van der Waals surface area (Å²) in [6, 6.07) is 0.529. The normalized spacial score (nSPS) is 27.1. The fourth-order valence-electron chi connectivity index (χ4n) is 3.67. The number of carbonyl (C=O) groups is 1. The second-order valence-corrected chi connectivity index (χ2v) is 11.1. The van der Waals surface area contributed by atoms with E-state index in [-0.39, 0.29) is 23.0 Å². The number of halogens is 2. The van der Waals surface area contributed by atoms with E-state index in [4.69, 9.17) is 19.7 Å². The van der Waals surface area contributed by atoms with Crippen molar-refractivity contribution in [3.63, 3.8) is 0 Å². The van der Waals surface area contributed by atoms with Gasteiger partial charge >= 0.3 is 11.9 Å². The molecule has 0 amide bonds. The van der Waals surface area contributed by atoms with E-state index in [1.54, 1.807) is 13.8 Å². The van der Waals surface area contributed by atoms with Crippen LogP contribution in [0.15, 0.2) is 18.6 Å². The minimum absolute atomic E-state index is 0.0897. The van der Waals surface area contributed by atoms with E-state index in [2.05, 4.69) is 15.1 Å². The lowest BCUT2D eigenvalue weighted by atomic mass is 9.80. The summed E-state index contributed by atoms with van der Waals surface area (Å²) in [5.74, 6) is -4.22. The largest absolute Gasteiger partial charge is 0.462 e. The van der Waals surface area contributed by atoms with Gasteiger partial charge in [0.05, 0.1) is 42.9 Å². The third-order valence-corrected chi connectivity index (χ3v) is 7.25. The molecule has 4 N–H and O–H groups in total. The molecule has 2 unspecified atom stereocenters. The van der Waals surface area contributed by atoms with E-state index in [1.807, 2.05) is 0 Å². The summed E-state index contributed by atoms with van der Waals surface area (Å²) >= 11 is 0. The maximum Gasteiger partial charge on any atom is 0.323 e. The molecule has 5 atom stereocenters. The van der Waals surface area contributed by atoms with Crippen LogP contribution in [-0.4, -0.2) is 69.7 Å². The van der Waals surface area contributed by atoms with Gasteiger partial charge in [0, 0.05) is 12.9 Å². The van der Waals surface area contributed by atoms with E-state index < -0.39 is 56.4 Å². The number of fused-ring (bicyclic) bond motifs is 1. The number of pyridine rings is 1. The molecule has 1 fully saturated rings. The molecule has 14 heteroatoms. The van der Waals surface area contributed by atoms with Crippen LogP contribution in [-0.2, 0) is 23.4 Å². The molecule has 11 nitrogen and oxygen atoms in total. The molecule has 0 saturated carbocycles. The number of aliphatic hydroxyl groups excluding tert-OH is 1. The van der Waals surface area contributed by atoms with Crippen LogP contribution in [0.2, 0.25) is 0 Å². The SMILES string of the molecule is CC(C)OC(=O)[C@H](C)NP(C)(=O)OC[C@H]1O[C@@H](n2cnc3c(N)ccnc32)C(F)(F)C1(C)CO. The minimum Gasteiger partial charge on any atom is -0.462 e. The van der Waals surface area contributed by atoms with Crippen LogP contribution in [0, 0.1) is 5.41 Å². The summed E-state index contributed by atoms with van der Waals surface area (Å²) in [4.78, 5) is 20.1. The molecular formula is C20H30F2N5O6P. The Balaban J connectivity index is 1.80. The van der Waals surface area contributed by atoms with Crippen LogP contribution in [0.1, 0.15) is 33.9 Å². The Morgan fingerprint density at radius 3 is 2.71 bits per heavy atom. The molecule has 1 saturated heterocycles. The number of ether oxygens (including phenoxy) is 2. The van der Waals surface area contributed by atoms with Gasteiger partial charge in [0.1, 0.15) is 11.6 Å². The summed E-state index contributed by atoms with van der Waals surface area (Å²) in [6.07, 6.45) is -1.10. The maximum absolute atomic E-state index is 15.6. The molecule has 0 radical (unpaired) electrons. The Bertz CT molecular complexity index is 1100. The van der Waals surface area contributed by atoms with Crippen LogP contribution >= 0.6 is 7.52 Å². The van der Waals surface area contributed by atoms with Gasteiger partial charge in [-0.2, -0.15) is 0 Å². The highest BCUT2D eigenvalue weighted by atomic mass is 31.2. The molecule has 190 valence electrons. The van der Waals surface area contributed by atoms with Crippen LogP contribution < -0.4 is 10.8 Å². The lowest BCUT2D eigenvalue weighted by Crippen LogP contribution is -2.47. The molecule has 0 bridgehead atoms. The van der Waals surface area contributed by atoms with Gasteiger partial charge < -0.3 is 24.8 Å². The number of nitrogens with one attached hydrogen (secondary N) is 1. The Kier molecular flexibility index (Phi) is 7.35. The van der Waals surface area contributed by atoms with Gasteiger partial charge in [-0.05, 0) is 33.8 Å². The Morgan fingerprint density at radius 1 is 1.41 bits per heavy atom. The summed E-state index contributed by atoms with van der Waals surface area (Å²) in [6.45, 7) is 5.67. The Morgan fingerprint density at radius 2 is 2.09 bits per heavy atom. The number of alkyl halides is 2. The predicted molar refractivity (Wildman–Crippen MR) is 119 cm³/mol. The van der Waals surface area contributed by atoms with Gasteiger partial charge in [-0.1, -0.05) is 0 Å². The summed E-state index contributed by atoms with van der Waals surface area (Å²) in [7, 11) is -3.64. The Labute approximate surface area is 195 Å². The molecule has 1 aliphatic rings. The van der Waals surface area contributed by atoms with Crippen molar-refractivity contribution < 1.29 is 37.2 Å². The number of rotatable bonds is 9. The predicted octanol–water partition coefficient (Wildman–Crippen LogP) is 2.31. The first kappa shape index (κ1) is 26.4. The van der Waals surface area contributed by atoms with Crippen molar-refractivity contribution in [1.82, 2.24) is 19.6 Å². The maximum atomic E-state index is 15.6. The number of esters is 1. The second-order valence-electron chi connectivity index (χ2n) is 8.88. The van der Waals surface area contributed by atoms with Crippen LogP contribution in [0.25, 0.3) is 11.2 Å². The number of aromatic nitrogens is 3. The number of hydrogen-bond acceptors (Lipinski definition) is 9. The molecule has 0 aliphatic carbocycles. The monoisotopic (exact) mass is 505 g/mol. The number of nitrogens with two attached hydrogens (primary N) is 1. The van der Waals surface area contributed by atoms with Crippen molar-refractivity contribution in [3.05, 3.63) is 18.6 Å². The number of hydrogen-bond donors (Lipinski definition) is 3. The van der Waals surface area contributed by atoms with Crippen molar-refractivity contribution in [2.45, 2.75) is 58.1 Å². The van der Waals surface area contributed by atoms with Crippen LogP contribution in [0.5, 0.6) is 0 Å². The fourth-order valence-corrected chi connectivity index (χ4v) is 4.97.